The molecular formula is C12H10N2O4S. The number of aromatic nitrogens is 2. The van der Waals surface area contributed by atoms with Gasteiger partial charge in [0, 0.05) is 12.0 Å². The van der Waals surface area contributed by atoms with Gasteiger partial charge in [-0.1, -0.05) is 11.8 Å². The molecule has 0 spiro atoms. The number of hydrogen-bond acceptors (Lipinski definition) is 6. The molecule has 1 aromatic heterocycles. The lowest BCUT2D eigenvalue weighted by molar-refractivity contribution is -0.133. The van der Waals surface area contributed by atoms with Crippen LogP contribution >= 0.6 is 11.8 Å². The summed E-state index contributed by atoms with van der Waals surface area (Å²) in [5.41, 5.74) is 1.94. The fraction of sp³-hybridized carbons (Fsp3) is 0.250. The number of thioether (sulfide) groups is 1. The molecule has 1 aromatic carbocycles. The number of hydrogen-bond donors (Lipinski definition) is 1. The Labute approximate surface area is 112 Å². The van der Waals surface area contributed by atoms with Gasteiger partial charge in [0.25, 0.3) is 5.22 Å². The summed E-state index contributed by atoms with van der Waals surface area (Å²) in [7, 11) is 0. The average Bonchev–Trinajstić information content (AvgIpc) is 3.04. The van der Waals surface area contributed by atoms with Gasteiger partial charge in [-0.2, -0.15) is 0 Å². The topological polar surface area (TPSA) is 85.5 Å². The second kappa shape index (κ2) is 4.93. The maximum Gasteiger partial charge on any atom is 0.314 e. The quantitative estimate of drug-likeness (QED) is 0.854. The van der Waals surface area contributed by atoms with Crippen LogP contribution in [0.15, 0.2) is 27.8 Å². The van der Waals surface area contributed by atoms with Gasteiger partial charge in [0.15, 0.2) is 0 Å². The molecule has 98 valence electrons. The summed E-state index contributed by atoms with van der Waals surface area (Å²) in [5, 5.41) is 16.6. The maximum atomic E-state index is 10.5. The van der Waals surface area contributed by atoms with Gasteiger partial charge < -0.3 is 14.3 Å². The normalized spacial score (nSPS) is 13.1. The fourth-order valence-corrected chi connectivity index (χ4v) is 2.31. The molecule has 0 fully saturated rings. The minimum absolute atomic E-state index is 0.0976. The first kappa shape index (κ1) is 12.0. The average molecular weight is 278 g/mol. The van der Waals surface area contributed by atoms with E-state index in [0.717, 1.165) is 35.1 Å². The second-order valence-corrected chi connectivity index (χ2v) is 4.90. The summed E-state index contributed by atoms with van der Waals surface area (Å²) in [5.74, 6) is 0.269. The Bertz CT molecular complexity index is 626. The lowest BCUT2D eigenvalue weighted by Gasteiger charge is -1.99. The lowest BCUT2D eigenvalue weighted by atomic mass is 10.1. The smallest absolute Gasteiger partial charge is 0.314 e. The molecule has 2 heterocycles. The number of ether oxygens (including phenoxy) is 1. The van der Waals surface area contributed by atoms with E-state index in [2.05, 4.69) is 10.2 Å². The van der Waals surface area contributed by atoms with E-state index in [1.807, 2.05) is 18.2 Å². The van der Waals surface area contributed by atoms with Gasteiger partial charge in [-0.05, 0) is 23.8 Å². The molecule has 0 radical (unpaired) electrons. The van der Waals surface area contributed by atoms with Crippen LogP contribution in [0.2, 0.25) is 0 Å². The molecule has 6 nitrogen and oxygen atoms in total. The highest BCUT2D eigenvalue weighted by Crippen LogP contribution is 2.30. The molecule has 3 rings (SSSR count). The van der Waals surface area contributed by atoms with Gasteiger partial charge in [-0.25, -0.2) is 0 Å². The van der Waals surface area contributed by atoms with Crippen molar-refractivity contribution < 1.29 is 19.1 Å². The van der Waals surface area contributed by atoms with Crippen molar-refractivity contribution in [3.63, 3.8) is 0 Å². The molecule has 7 heteroatoms. The number of nitrogens with zero attached hydrogens (tertiary/aromatic N) is 2. The molecule has 1 aliphatic rings. The van der Waals surface area contributed by atoms with Crippen LogP contribution in [0.1, 0.15) is 5.56 Å². The van der Waals surface area contributed by atoms with Crippen molar-refractivity contribution in [1.82, 2.24) is 10.2 Å². The van der Waals surface area contributed by atoms with Crippen molar-refractivity contribution in [2.75, 3.05) is 12.4 Å². The van der Waals surface area contributed by atoms with Crippen LogP contribution < -0.4 is 4.74 Å². The summed E-state index contributed by atoms with van der Waals surface area (Å²) < 4.78 is 10.8. The molecule has 0 aliphatic carbocycles. The number of carboxylic acid groups (broad SMARTS) is 1. The summed E-state index contributed by atoms with van der Waals surface area (Å²) >= 11 is 1.00. The molecule has 0 atom stereocenters. The number of fused-ring (bicyclic) bond motifs is 1. The first-order valence-corrected chi connectivity index (χ1v) is 6.65. The Morgan fingerprint density at radius 3 is 3.16 bits per heavy atom. The van der Waals surface area contributed by atoms with Gasteiger partial charge in [0.1, 0.15) is 11.5 Å². The SMILES string of the molecule is O=C(O)CSc1nnc(-c2ccc3c(c2)CCO3)o1. The zero-order valence-electron chi connectivity index (χ0n) is 9.83. The van der Waals surface area contributed by atoms with Crippen molar-refractivity contribution in [3.8, 4) is 17.2 Å². The van der Waals surface area contributed by atoms with Crippen molar-refractivity contribution in [1.29, 1.82) is 0 Å². The molecule has 1 aliphatic heterocycles. The van der Waals surface area contributed by atoms with E-state index in [1.54, 1.807) is 0 Å². The van der Waals surface area contributed by atoms with E-state index in [9.17, 15) is 4.79 Å². The predicted octanol–water partition coefficient (Wildman–Crippen LogP) is 1.85. The van der Waals surface area contributed by atoms with E-state index >= 15 is 0 Å². The fourth-order valence-electron chi connectivity index (χ4n) is 1.83. The van der Waals surface area contributed by atoms with E-state index < -0.39 is 5.97 Å². The third-order valence-electron chi connectivity index (χ3n) is 2.66. The third-order valence-corrected chi connectivity index (χ3v) is 3.47. The monoisotopic (exact) mass is 278 g/mol. The van der Waals surface area contributed by atoms with Crippen LogP contribution in [0, 0.1) is 0 Å². The Balaban J connectivity index is 1.80. The highest BCUT2D eigenvalue weighted by Gasteiger charge is 2.16. The molecular weight excluding hydrogens is 268 g/mol. The highest BCUT2D eigenvalue weighted by molar-refractivity contribution is 7.99. The number of aliphatic carboxylic acids is 1. The minimum Gasteiger partial charge on any atom is -0.493 e. The largest absolute Gasteiger partial charge is 0.493 e. The summed E-state index contributed by atoms with van der Waals surface area (Å²) in [6.07, 6.45) is 0.873. The van der Waals surface area contributed by atoms with Crippen molar-refractivity contribution in [2.24, 2.45) is 0 Å². The Morgan fingerprint density at radius 1 is 1.42 bits per heavy atom. The van der Waals surface area contributed by atoms with Gasteiger partial charge in [-0.3, -0.25) is 4.79 Å². The zero-order valence-corrected chi connectivity index (χ0v) is 10.6. The van der Waals surface area contributed by atoms with Gasteiger partial charge >= 0.3 is 5.97 Å². The molecule has 19 heavy (non-hydrogen) atoms. The molecule has 0 saturated heterocycles. The maximum absolute atomic E-state index is 10.5. The van der Waals surface area contributed by atoms with E-state index in [4.69, 9.17) is 14.3 Å². The Hall–Kier alpha value is -2.02. The number of carbonyl (C=O) groups is 1. The van der Waals surface area contributed by atoms with E-state index in [1.165, 1.54) is 0 Å². The van der Waals surface area contributed by atoms with Gasteiger partial charge in [-0.15, -0.1) is 10.2 Å². The first-order valence-electron chi connectivity index (χ1n) is 5.66. The molecule has 2 aromatic rings. The highest BCUT2D eigenvalue weighted by atomic mass is 32.2. The van der Waals surface area contributed by atoms with Crippen LogP contribution in [0.25, 0.3) is 11.5 Å². The van der Waals surface area contributed by atoms with Crippen molar-refractivity contribution >= 4 is 17.7 Å². The van der Waals surface area contributed by atoms with Gasteiger partial charge in [0.2, 0.25) is 5.89 Å². The Kier molecular flexibility index (Phi) is 3.12. The van der Waals surface area contributed by atoms with Crippen LogP contribution in [0.4, 0.5) is 0 Å². The second-order valence-electron chi connectivity index (χ2n) is 3.98. The van der Waals surface area contributed by atoms with Crippen molar-refractivity contribution in [2.45, 2.75) is 11.6 Å². The molecule has 0 amide bonds. The third kappa shape index (κ3) is 2.55. The standard InChI is InChI=1S/C12H10N2O4S/c15-10(16)6-19-12-14-13-11(18-12)8-1-2-9-7(5-8)3-4-17-9/h1-2,5H,3-4,6H2,(H,15,16). The zero-order chi connectivity index (χ0) is 13.2. The molecule has 1 N–H and O–H groups in total. The molecule has 0 unspecified atom stereocenters. The van der Waals surface area contributed by atoms with Crippen LogP contribution in [0.3, 0.4) is 0 Å². The van der Waals surface area contributed by atoms with Crippen molar-refractivity contribution in [3.05, 3.63) is 23.8 Å². The van der Waals surface area contributed by atoms with E-state index in [0.29, 0.717) is 12.5 Å². The summed E-state index contributed by atoms with van der Waals surface area (Å²) in [6, 6.07) is 5.69. The number of carboxylic acids is 1. The number of benzene rings is 1. The summed E-state index contributed by atoms with van der Waals surface area (Å²) in [4.78, 5) is 10.5. The minimum atomic E-state index is -0.917. The summed E-state index contributed by atoms with van der Waals surface area (Å²) in [6.45, 7) is 0.697. The number of rotatable bonds is 4. The predicted molar refractivity (Wildman–Crippen MR) is 67.3 cm³/mol. The van der Waals surface area contributed by atoms with E-state index in [-0.39, 0.29) is 11.0 Å². The first-order chi connectivity index (χ1) is 9.22. The van der Waals surface area contributed by atoms with Crippen LogP contribution in [-0.2, 0) is 11.2 Å². The molecule has 0 saturated carbocycles. The lowest BCUT2D eigenvalue weighted by Crippen LogP contribution is -1.97. The van der Waals surface area contributed by atoms with Gasteiger partial charge in [0.05, 0.1) is 6.61 Å². The Morgan fingerprint density at radius 2 is 2.32 bits per heavy atom. The van der Waals surface area contributed by atoms with Crippen LogP contribution in [-0.4, -0.2) is 33.6 Å². The molecule has 0 bridgehead atoms. The van der Waals surface area contributed by atoms with Crippen LogP contribution in [0.5, 0.6) is 5.75 Å².